The molecule has 0 aliphatic carbocycles. The highest BCUT2D eigenvalue weighted by Crippen LogP contribution is 2.38. The summed E-state index contributed by atoms with van der Waals surface area (Å²) in [5.41, 5.74) is -0.0621. The van der Waals surface area contributed by atoms with Crippen LogP contribution in [-0.2, 0) is 4.74 Å². The number of rotatable bonds is 2. The molecule has 0 fully saturated rings. The first-order chi connectivity index (χ1) is 8.52. The molecular formula is C11H7Cl2NO4. The van der Waals surface area contributed by atoms with E-state index in [0.29, 0.717) is 0 Å². The monoisotopic (exact) mass is 287 g/mol. The molecule has 1 aromatic carbocycles. The largest absolute Gasteiger partial charge is 0.468 e. The van der Waals surface area contributed by atoms with Crippen molar-refractivity contribution in [1.29, 1.82) is 0 Å². The quantitative estimate of drug-likeness (QED) is 0.670. The fourth-order valence-electron chi connectivity index (χ4n) is 1.63. The molecule has 0 bridgehead atoms. The van der Waals surface area contributed by atoms with Crippen molar-refractivity contribution in [3.8, 4) is 0 Å². The molecule has 0 saturated carbocycles. The first-order valence-electron chi connectivity index (χ1n) is 4.85. The molecular weight excluding hydrogens is 281 g/mol. The predicted octanol–water partition coefficient (Wildman–Crippen LogP) is 3.06. The van der Waals surface area contributed by atoms with Crippen molar-refractivity contribution in [3.63, 3.8) is 0 Å². The second-order valence-electron chi connectivity index (χ2n) is 3.45. The molecule has 94 valence electrons. The van der Waals surface area contributed by atoms with E-state index in [1.54, 1.807) is 0 Å². The van der Waals surface area contributed by atoms with Crippen LogP contribution in [0.15, 0.2) is 35.6 Å². The normalized spacial score (nSPS) is 18.7. The number of aliphatic hydroxyl groups is 1. The van der Waals surface area contributed by atoms with Gasteiger partial charge in [-0.2, -0.15) is 0 Å². The lowest BCUT2D eigenvalue weighted by atomic mass is 10.0. The van der Waals surface area contributed by atoms with Gasteiger partial charge in [-0.15, -0.1) is 0 Å². The average molecular weight is 288 g/mol. The van der Waals surface area contributed by atoms with Crippen LogP contribution in [-0.4, -0.2) is 16.3 Å². The minimum atomic E-state index is -1.36. The predicted molar refractivity (Wildman–Crippen MR) is 67.1 cm³/mol. The standard InChI is InChI=1S/C11H7Cl2NO4/c12-7-4-5-18-11(15)9(7)6-2-1-3-8(13)10(6)14(16)17/h1-5,11,15H. The van der Waals surface area contributed by atoms with Crippen LogP contribution in [0.4, 0.5) is 5.69 Å². The van der Waals surface area contributed by atoms with E-state index in [-0.39, 0.29) is 26.9 Å². The van der Waals surface area contributed by atoms with Gasteiger partial charge in [-0.3, -0.25) is 10.1 Å². The van der Waals surface area contributed by atoms with Gasteiger partial charge in [-0.1, -0.05) is 29.3 Å². The molecule has 18 heavy (non-hydrogen) atoms. The van der Waals surface area contributed by atoms with Gasteiger partial charge in [0.05, 0.1) is 27.4 Å². The van der Waals surface area contributed by atoms with E-state index in [1.807, 2.05) is 0 Å². The Morgan fingerprint density at radius 2 is 2.11 bits per heavy atom. The summed E-state index contributed by atoms with van der Waals surface area (Å²) in [5.74, 6) is 0. The number of nitrogens with zero attached hydrogens (tertiary/aromatic N) is 1. The number of hydrogen-bond acceptors (Lipinski definition) is 4. The molecule has 0 spiro atoms. The van der Waals surface area contributed by atoms with Crippen LogP contribution >= 0.6 is 23.2 Å². The summed E-state index contributed by atoms with van der Waals surface area (Å²) in [5, 5.41) is 20.9. The van der Waals surface area contributed by atoms with Crippen LogP contribution in [0, 0.1) is 10.1 Å². The number of para-hydroxylation sites is 1. The summed E-state index contributed by atoms with van der Waals surface area (Å²) in [7, 11) is 0. The first kappa shape index (κ1) is 12.9. The Kier molecular flexibility index (Phi) is 3.56. The minimum absolute atomic E-state index is 0.0313. The van der Waals surface area contributed by atoms with E-state index in [2.05, 4.69) is 0 Å². The van der Waals surface area contributed by atoms with E-state index in [1.165, 1.54) is 30.5 Å². The maximum atomic E-state index is 11.0. The van der Waals surface area contributed by atoms with Crippen molar-refractivity contribution in [2.45, 2.75) is 6.29 Å². The Labute approximate surface area is 112 Å². The Balaban J connectivity index is 2.68. The highest BCUT2D eigenvalue weighted by atomic mass is 35.5. The molecule has 0 saturated heterocycles. The zero-order chi connectivity index (χ0) is 13.3. The van der Waals surface area contributed by atoms with Gasteiger partial charge in [0, 0.05) is 0 Å². The van der Waals surface area contributed by atoms with Gasteiger partial charge >= 0.3 is 0 Å². The van der Waals surface area contributed by atoms with Gasteiger partial charge in [-0.05, 0) is 18.2 Å². The molecule has 2 rings (SSSR count). The maximum absolute atomic E-state index is 11.0. The Morgan fingerprint density at radius 1 is 1.39 bits per heavy atom. The lowest BCUT2D eigenvalue weighted by Gasteiger charge is -2.19. The average Bonchev–Trinajstić information content (AvgIpc) is 2.28. The molecule has 7 heteroatoms. The smallest absolute Gasteiger partial charge is 0.295 e. The fourth-order valence-corrected chi connectivity index (χ4v) is 2.12. The molecule has 0 aromatic heterocycles. The molecule has 0 amide bonds. The van der Waals surface area contributed by atoms with Crippen LogP contribution in [0.5, 0.6) is 0 Å². The van der Waals surface area contributed by atoms with Gasteiger partial charge in [-0.25, -0.2) is 0 Å². The number of benzene rings is 1. The summed E-state index contributed by atoms with van der Waals surface area (Å²) in [4.78, 5) is 10.4. The number of halogens is 2. The lowest BCUT2D eigenvalue weighted by molar-refractivity contribution is -0.385. The van der Waals surface area contributed by atoms with Crippen molar-refractivity contribution >= 4 is 34.5 Å². The molecule has 1 N–H and O–H groups in total. The third-order valence-corrected chi connectivity index (χ3v) is 3.02. The summed E-state index contributed by atoms with van der Waals surface area (Å²) in [6, 6.07) is 4.38. The van der Waals surface area contributed by atoms with Crippen LogP contribution in [0.2, 0.25) is 5.02 Å². The van der Waals surface area contributed by atoms with Crippen molar-refractivity contribution in [1.82, 2.24) is 0 Å². The second kappa shape index (κ2) is 4.97. The Hall–Kier alpha value is -1.56. The topological polar surface area (TPSA) is 72.6 Å². The minimum Gasteiger partial charge on any atom is -0.468 e. The van der Waals surface area contributed by atoms with Crippen molar-refractivity contribution in [3.05, 3.63) is 56.3 Å². The van der Waals surface area contributed by atoms with E-state index >= 15 is 0 Å². The number of nitro groups is 1. The van der Waals surface area contributed by atoms with Gasteiger partial charge in [0.1, 0.15) is 5.02 Å². The number of allylic oxidation sites excluding steroid dienone is 2. The number of hydrogen-bond donors (Lipinski definition) is 1. The van der Waals surface area contributed by atoms with Crippen LogP contribution in [0.1, 0.15) is 5.56 Å². The van der Waals surface area contributed by atoms with Gasteiger partial charge in [0.15, 0.2) is 0 Å². The summed E-state index contributed by atoms with van der Waals surface area (Å²) in [6.07, 6.45) is 1.25. The number of aliphatic hydroxyl groups excluding tert-OH is 1. The molecule has 1 aliphatic rings. The van der Waals surface area contributed by atoms with E-state index in [0.717, 1.165) is 0 Å². The third-order valence-electron chi connectivity index (χ3n) is 2.39. The van der Waals surface area contributed by atoms with Crippen molar-refractivity contribution in [2.24, 2.45) is 0 Å². The van der Waals surface area contributed by atoms with E-state index in [4.69, 9.17) is 27.9 Å². The number of nitro benzene ring substituents is 1. The first-order valence-corrected chi connectivity index (χ1v) is 5.61. The van der Waals surface area contributed by atoms with Crippen LogP contribution in [0.25, 0.3) is 5.57 Å². The van der Waals surface area contributed by atoms with Gasteiger partial charge < -0.3 is 9.84 Å². The molecule has 1 aliphatic heterocycles. The summed E-state index contributed by atoms with van der Waals surface area (Å²) >= 11 is 11.7. The highest BCUT2D eigenvalue weighted by molar-refractivity contribution is 6.35. The van der Waals surface area contributed by atoms with Gasteiger partial charge in [0.2, 0.25) is 6.29 Å². The van der Waals surface area contributed by atoms with Gasteiger partial charge in [0.25, 0.3) is 5.69 Å². The third kappa shape index (κ3) is 2.20. The summed E-state index contributed by atoms with van der Waals surface area (Å²) in [6.45, 7) is 0. The molecule has 1 heterocycles. The number of ether oxygens (including phenoxy) is 1. The Morgan fingerprint density at radius 3 is 2.72 bits per heavy atom. The van der Waals surface area contributed by atoms with Crippen LogP contribution < -0.4 is 0 Å². The SMILES string of the molecule is O=[N+]([O-])c1c(Cl)cccc1C1=C(Cl)C=COC1O. The lowest BCUT2D eigenvalue weighted by Crippen LogP contribution is -2.15. The van der Waals surface area contributed by atoms with Crippen LogP contribution in [0.3, 0.4) is 0 Å². The highest BCUT2D eigenvalue weighted by Gasteiger charge is 2.28. The molecule has 0 radical (unpaired) electrons. The zero-order valence-electron chi connectivity index (χ0n) is 8.84. The molecule has 5 nitrogen and oxygen atoms in total. The zero-order valence-corrected chi connectivity index (χ0v) is 10.4. The van der Waals surface area contributed by atoms with E-state index < -0.39 is 11.2 Å². The molecule has 1 aromatic rings. The molecule has 1 atom stereocenters. The Bertz CT molecular complexity index is 568. The summed E-state index contributed by atoms with van der Waals surface area (Å²) < 4.78 is 4.86. The maximum Gasteiger partial charge on any atom is 0.295 e. The molecule has 1 unspecified atom stereocenters. The van der Waals surface area contributed by atoms with E-state index in [9.17, 15) is 15.2 Å². The van der Waals surface area contributed by atoms with Crippen molar-refractivity contribution in [2.75, 3.05) is 0 Å². The van der Waals surface area contributed by atoms with Crippen molar-refractivity contribution < 1.29 is 14.8 Å². The second-order valence-corrected chi connectivity index (χ2v) is 4.26. The fraction of sp³-hybridized carbons (Fsp3) is 0.0909.